The van der Waals surface area contributed by atoms with Gasteiger partial charge in [0.2, 0.25) is 0 Å². The Kier molecular flexibility index (Phi) is 5.57. The molecule has 0 aliphatic heterocycles. The van der Waals surface area contributed by atoms with Gasteiger partial charge in [-0.3, -0.25) is 0 Å². The molecule has 2 rings (SSSR count). The molecule has 1 aromatic carbocycles. The summed E-state index contributed by atoms with van der Waals surface area (Å²) in [6.07, 6.45) is 5.24. The van der Waals surface area contributed by atoms with Crippen LogP contribution in [0.15, 0.2) is 18.2 Å². The van der Waals surface area contributed by atoms with Crippen molar-refractivity contribution in [3.05, 3.63) is 28.2 Å². The lowest BCUT2D eigenvalue weighted by Gasteiger charge is -2.33. The third kappa shape index (κ3) is 3.59. The molecule has 0 saturated heterocycles. The summed E-state index contributed by atoms with van der Waals surface area (Å²) in [7, 11) is 0. The normalized spacial score (nSPS) is 26.0. The fraction of sp³-hybridized carbons (Fsp3) is 0.562. The van der Waals surface area contributed by atoms with Crippen LogP contribution in [-0.2, 0) is 0 Å². The minimum absolute atomic E-state index is 0.0573. The fourth-order valence-electron chi connectivity index (χ4n) is 2.90. The van der Waals surface area contributed by atoms with Crippen LogP contribution in [0.2, 0.25) is 10.0 Å². The first kappa shape index (κ1) is 15.5. The molecule has 20 heavy (non-hydrogen) atoms. The summed E-state index contributed by atoms with van der Waals surface area (Å²) in [5.74, 6) is 1.17. The minimum atomic E-state index is -0.0822. The molecule has 108 valence electrons. The van der Waals surface area contributed by atoms with Crippen molar-refractivity contribution in [1.82, 2.24) is 0 Å². The van der Waals surface area contributed by atoms with E-state index in [1.165, 1.54) is 12.8 Å². The summed E-state index contributed by atoms with van der Waals surface area (Å²) >= 11 is 12.2. The van der Waals surface area contributed by atoms with Crippen LogP contribution >= 0.6 is 23.2 Å². The molecule has 0 radical (unpaired) electrons. The highest BCUT2D eigenvalue weighted by Gasteiger charge is 2.32. The second-order valence-electron chi connectivity index (χ2n) is 5.41. The fourth-order valence-corrected chi connectivity index (χ4v) is 3.23. The quantitative estimate of drug-likeness (QED) is 0.737. The first-order chi connectivity index (χ1) is 9.65. The molecule has 0 heterocycles. The van der Waals surface area contributed by atoms with E-state index in [4.69, 9.17) is 27.9 Å². The van der Waals surface area contributed by atoms with Gasteiger partial charge in [-0.15, -0.1) is 0 Å². The van der Waals surface area contributed by atoms with Gasteiger partial charge in [-0.05, 0) is 37.3 Å². The zero-order valence-electron chi connectivity index (χ0n) is 11.6. The van der Waals surface area contributed by atoms with Gasteiger partial charge in [-0.1, -0.05) is 49.0 Å². The van der Waals surface area contributed by atoms with Gasteiger partial charge in [-0.2, -0.15) is 5.26 Å². The van der Waals surface area contributed by atoms with E-state index in [9.17, 15) is 5.26 Å². The number of rotatable bonds is 4. The second kappa shape index (κ2) is 7.20. The van der Waals surface area contributed by atoms with Gasteiger partial charge in [-0.25, -0.2) is 0 Å². The summed E-state index contributed by atoms with van der Waals surface area (Å²) < 4.78 is 6.01. The topological polar surface area (TPSA) is 33.0 Å². The summed E-state index contributed by atoms with van der Waals surface area (Å²) in [6, 6.07) is 7.73. The van der Waals surface area contributed by atoms with Crippen molar-refractivity contribution in [3.63, 3.8) is 0 Å². The Bertz CT molecular complexity index is 498. The Balaban J connectivity index is 2.12. The highest BCUT2D eigenvalue weighted by molar-refractivity contribution is 6.42. The number of hydrogen-bond acceptors (Lipinski definition) is 2. The van der Waals surface area contributed by atoms with E-state index in [0.717, 1.165) is 19.3 Å². The summed E-state index contributed by atoms with van der Waals surface area (Å²) in [6.45, 7) is 2.19. The van der Waals surface area contributed by atoms with E-state index < -0.39 is 0 Å². The van der Waals surface area contributed by atoms with Gasteiger partial charge < -0.3 is 4.74 Å². The largest absolute Gasteiger partial charge is 0.487 e. The van der Waals surface area contributed by atoms with Crippen LogP contribution in [0, 0.1) is 23.2 Å². The maximum Gasteiger partial charge on any atom is 0.139 e. The smallest absolute Gasteiger partial charge is 0.139 e. The Morgan fingerprint density at radius 1 is 1.35 bits per heavy atom. The molecular formula is C16H19Cl2NO. The first-order valence-electron chi connectivity index (χ1n) is 7.16. The predicted octanol–water partition coefficient (Wildman–Crippen LogP) is 5.48. The molecule has 1 aromatic rings. The molecule has 3 unspecified atom stereocenters. The molecule has 4 heteroatoms. The molecule has 1 aliphatic rings. The lowest BCUT2D eigenvalue weighted by Crippen LogP contribution is -2.33. The maximum absolute atomic E-state index is 9.29. The van der Waals surface area contributed by atoms with Crippen LogP contribution in [0.5, 0.6) is 5.75 Å². The Hall–Kier alpha value is -0.910. The lowest BCUT2D eigenvalue weighted by molar-refractivity contribution is 0.0876. The Morgan fingerprint density at radius 2 is 2.15 bits per heavy atom. The molecular weight excluding hydrogens is 293 g/mol. The molecule has 0 aromatic heterocycles. The van der Waals surface area contributed by atoms with Crippen molar-refractivity contribution in [2.75, 3.05) is 0 Å². The predicted molar refractivity (Wildman–Crippen MR) is 82.2 cm³/mol. The average molecular weight is 312 g/mol. The van der Waals surface area contributed by atoms with Gasteiger partial charge in [0, 0.05) is 0 Å². The molecule has 1 aliphatic carbocycles. The highest BCUT2D eigenvalue weighted by atomic mass is 35.5. The van der Waals surface area contributed by atoms with Crippen LogP contribution in [0.3, 0.4) is 0 Å². The maximum atomic E-state index is 9.29. The van der Waals surface area contributed by atoms with Crippen LogP contribution in [0.4, 0.5) is 0 Å². The number of nitrogens with zero attached hydrogens (tertiary/aromatic N) is 1. The Labute approximate surface area is 130 Å². The van der Waals surface area contributed by atoms with Gasteiger partial charge in [0.25, 0.3) is 0 Å². The molecule has 3 atom stereocenters. The number of hydrogen-bond donors (Lipinski definition) is 0. The first-order valence-corrected chi connectivity index (χ1v) is 7.91. The molecule has 0 spiro atoms. The van der Waals surface area contributed by atoms with Crippen LogP contribution in [-0.4, -0.2) is 6.10 Å². The molecule has 2 nitrogen and oxygen atoms in total. The van der Waals surface area contributed by atoms with Crippen molar-refractivity contribution in [2.45, 2.75) is 45.1 Å². The van der Waals surface area contributed by atoms with Crippen molar-refractivity contribution in [1.29, 1.82) is 5.26 Å². The van der Waals surface area contributed by atoms with Crippen LogP contribution in [0.25, 0.3) is 0 Å². The lowest BCUT2D eigenvalue weighted by atomic mass is 9.78. The molecule has 0 amide bonds. The molecule has 1 saturated carbocycles. The van der Waals surface area contributed by atoms with Gasteiger partial charge >= 0.3 is 0 Å². The van der Waals surface area contributed by atoms with E-state index in [-0.39, 0.29) is 12.0 Å². The standard InChI is InChI=1S/C16H19Cl2NO/c1-2-4-11-7-8-12(10-19)15(9-11)20-14-6-3-5-13(17)16(14)18/h3,5-6,11-12,15H,2,4,7-9H2,1H3. The Morgan fingerprint density at radius 3 is 2.85 bits per heavy atom. The third-order valence-electron chi connectivity index (χ3n) is 3.96. The summed E-state index contributed by atoms with van der Waals surface area (Å²) in [5, 5.41) is 10.2. The number of nitriles is 1. The SMILES string of the molecule is CCCC1CCC(C#N)C(Oc2cccc(Cl)c2Cl)C1. The summed E-state index contributed by atoms with van der Waals surface area (Å²) in [5.41, 5.74) is 0. The van der Waals surface area contributed by atoms with E-state index in [1.54, 1.807) is 6.07 Å². The van der Waals surface area contributed by atoms with E-state index >= 15 is 0 Å². The summed E-state index contributed by atoms with van der Waals surface area (Å²) in [4.78, 5) is 0. The van der Waals surface area contributed by atoms with Crippen molar-refractivity contribution >= 4 is 23.2 Å². The minimum Gasteiger partial charge on any atom is -0.487 e. The molecule has 1 fully saturated rings. The van der Waals surface area contributed by atoms with Crippen LogP contribution in [0.1, 0.15) is 39.0 Å². The molecule has 0 N–H and O–H groups in total. The average Bonchev–Trinajstić information content (AvgIpc) is 2.45. The van der Waals surface area contributed by atoms with Crippen molar-refractivity contribution in [2.24, 2.45) is 11.8 Å². The molecule has 0 bridgehead atoms. The second-order valence-corrected chi connectivity index (χ2v) is 6.20. The van der Waals surface area contributed by atoms with E-state index in [0.29, 0.717) is 21.7 Å². The number of ether oxygens (including phenoxy) is 1. The highest BCUT2D eigenvalue weighted by Crippen LogP contribution is 2.37. The van der Waals surface area contributed by atoms with Gasteiger partial charge in [0.15, 0.2) is 0 Å². The van der Waals surface area contributed by atoms with Gasteiger partial charge in [0.05, 0.1) is 17.0 Å². The van der Waals surface area contributed by atoms with Crippen molar-refractivity contribution < 1.29 is 4.74 Å². The monoisotopic (exact) mass is 311 g/mol. The zero-order valence-corrected chi connectivity index (χ0v) is 13.1. The van der Waals surface area contributed by atoms with Gasteiger partial charge in [0.1, 0.15) is 16.9 Å². The van der Waals surface area contributed by atoms with E-state index in [2.05, 4.69) is 13.0 Å². The van der Waals surface area contributed by atoms with Crippen LogP contribution < -0.4 is 4.74 Å². The number of halogens is 2. The number of benzene rings is 1. The van der Waals surface area contributed by atoms with E-state index in [1.807, 2.05) is 12.1 Å². The zero-order chi connectivity index (χ0) is 14.5. The third-order valence-corrected chi connectivity index (χ3v) is 4.76. The van der Waals surface area contributed by atoms with Crippen molar-refractivity contribution in [3.8, 4) is 11.8 Å².